The zero-order valence-corrected chi connectivity index (χ0v) is 11.4. The molecule has 0 aliphatic rings. The third kappa shape index (κ3) is 2.50. The summed E-state index contributed by atoms with van der Waals surface area (Å²) in [6.07, 6.45) is 1.68. The molecule has 0 N–H and O–H groups in total. The number of nitrogens with zero attached hydrogens (tertiary/aromatic N) is 2. The van der Waals surface area contributed by atoms with Crippen molar-refractivity contribution in [1.82, 2.24) is 10.1 Å². The normalized spacial score (nSPS) is 12.2. The predicted molar refractivity (Wildman–Crippen MR) is 69.6 cm³/mol. The molecule has 0 fully saturated rings. The van der Waals surface area contributed by atoms with Crippen LogP contribution in [0.5, 0.6) is 0 Å². The van der Waals surface area contributed by atoms with Crippen molar-refractivity contribution < 1.29 is 14.1 Å². The fourth-order valence-electron chi connectivity index (χ4n) is 1.97. The largest absolute Gasteiger partial charge is 0.469 e. The lowest BCUT2D eigenvalue weighted by molar-refractivity contribution is -0.142. The van der Waals surface area contributed by atoms with Crippen LogP contribution in [0.2, 0.25) is 0 Å². The predicted octanol–water partition coefficient (Wildman–Crippen LogP) is 2.63. The van der Waals surface area contributed by atoms with Gasteiger partial charge >= 0.3 is 5.97 Å². The molecule has 5 nitrogen and oxygen atoms in total. The number of hydrogen-bond acceptors (Lipinski definition) is 5. The van der Waals surface area contributed by atoms with Crippen molar-refractivity contribution in [2.75, 3.05) is 7.11 Å². The van der Waals surface area contributed by atoms with Crippen molar-refractivity contribution >= 4 is 5.97 Å². The molecular formula is C14H16N2O3. The molecule has 1 atom stereocenters. The van der Waals surface area contributed by atoms with Gasteiger partial charge in [0.15, 0.2) is 0 Å². The summed E-state index contributed by atoms with van der Waals surface area (Å²) in [6.45, 7) is 5.51. The monoisotopic (exact) mass is 260 g/mol. The standard InChI is InChI=1S/C14H16N2O3/c1-8(14(17)18-4)11-5-6-12(15-7-11)13-9(2)16-19-10(13)3/h5-8H,1-4H3. The van der Waals surface area contributed by atoms with Crippen LogP contribution in [-0.2, 0) is 9.53 Å². The molecule has 0 bridgehead atoms. The molecule has 0 aliphatic carbocycles. The number of ether oxygens (including phenoxy) is 1. The summed E-state index contributed by atoms with van der Waals surface area (Å²) in [5.41, 5.74) is 3.32. The molecule has 0 saturated carbocycles. The van der Waals surface area contributed by atoms with E-state index in [9.17, 15) is 4.79 Å². The Bertz CT molecular complexity index is 568. The molecule has 2 aromatic rings. The number of carbonyl (C=O) groups is 1. The minimum atomic E-state index is -0.323. The first kappa shape index (κ1) is 13.3. The van der Waals surface area contributed by atoms with E-state index < -0.39 is 0 Å². The van der Waals surface area contributed by atoms with Gasteiger partial charge in [-0.2, -0.15) is 0 Å². The van der Waals surface area contributed by atoms with Gasteiger partial charge in [0.1, 0.15) is 5.76 Å². The lowest BCUT2D eigenvalue weighted by atomic mass is 10.0. The Kier molecular flexibility index (Phi) is 3.64. The molecular weight excluding hydrogens is 244 g/mol. The number of aromatic nitrogens is 2. The lowest BCUT2D eigenvalue weighted by Gasteiger charge is -2.09. The number of rotatable bonds is 3. The number of esters is 1. The number of carbonyl (C=O) groups excluding carboxylic acids is 1. The Hall–Kier alpha value is -2.17. The molecule has 2 heterocycles. The molecule has 0 spiro atoms. The van der Waals surface area contributed by atoms with E-state index in [-0.39, 0.29) is 11.9 Å². The van der Waals surface area contributed by atoms with E-state index in [0.717, 1.165) is 28.3 Å². The summed E-state index contributed by atoms with van der Waals surface area (Å²) >= 11 is 0. The van der Waals surface area contributed by atoms with Crippen LogP contribution in [0.3, 0.4) is 0 Å². The molecule has 5 heteroatoms. The second-order valence-electron chi connectivity index (χ2n) is 4.42. The smallest absolute Gasteiger partial charge is 0.312 e. The SMILES string of the molecule is COC(=O)C(C)c1ccc(-c2c(C)noc2C)nc1. The number of hydrogen-bond donors (Lipinski definition) is 0. The van der Waals surface area contributed by atoms with Crippen molar-refractivity contribution in [2.24, 2.45) is 0 Å². The molecule has 100 valence electrons. The van der Waals surface area contributed by atoms with Crippen LogP contribution in [0.15, 0.2) is 22.9 Å². The van der Waals surface area contributed by atoms with E-state index in [1.54, 1.807) is 13.1 Å². The van der Waals surface area contributed by atoms with Crippen LogP contribution in [0.25, 0.3) is 11.3 Å². The minimum absolute atomic E-state index is 0.271. The van der Waals surface area contributed by atoms with Crippen molar-refractivity contribution in [2.45, 2.75) is 26.7 Å². The maximum absolute atomic E-state index is 11.5. The Morgan fingerprint density at radius 1 is 1.37 bits per heavy atom. The van der Waals surface area contributed by atoms with Crippen LogP contribution < -0.4 is 0 Å². The van der Waals surface area contributed by atoms with Crippen molar-refractivity contribution in [3.63, 3.8) is 0 Å². The number of aryl methyl sites for hydroxylation is 2. The first-order valence-corrected chi connectivity index (χ1v) is 6.01. The highest BCUT2D eigenvalue weighted by atomic mass is 16.5. The molecule has 2 rings (SSSR count). The maximum Gasteiger partial charge on any atom is 0.312 e. The quantitative estimate of drug-likeness (QED) is 0.794. The second-order valence-corrected chi connectivity index (χ2v) is 4.42. The second kappa shape index (κ2) is 5.22. The van der Waals surface area contributed by atoms with Gasteiger partial charge in [-0.05, 0) is 32.4 Å². The van der Waals surface area contributed by atoms with Crippen LogP contribution in [-0.4, -0.2) is 23.2 Å². The molecule has 19 heavy (non-hydrogen) atoms. The Morgan fingerprint density at radius 2 is 2.11 bits per heavy atom. The van der Waals surface area contributed by atoms with Crippen molar-refractivity contribution in [3.8, 4) is 11.3 Å². The summed E-state index contributed by atoms with van der Waals surface area (Å²) in [5.74, 6) is 0.141. The van der Waals surface area contributed by atoms with Gasteiger partial charge in [0.2, 0.25) is 0 Å². The van der Waals surface area contributed by atoms with E-state index in [1.165, 1.54) is 7.11 Å². The number of methoxy groups -OCH3 is 1. The number of pyridine rings is 1. The molecule has 2 aromatic heterocycles. The fraction of sp³-hybridized carbons (Fsp3) is 0.357. The van der Waals surface area contributed by atoms with Gasteiger partial charge in [0, 0.05) is 6.20 Å². The van der Waals surface area contributed by atoms with E-state index in [0.29, 0.717) is 0 Å². The third-order valence-corrected chi connectivity index (χ3v) is 3.13. The average molecular weight is 260 g/mol. The van der Waals surface area contributed by atoms with Crippen LogP contribution in [0.1, 0.15) is 29.9 Å². The molecule has 0 aromatic carbocycles. The first-order chi connectivity index (χ1) is 9.04. The van der Waals surface area contributed by atoms with E-state index >= 15 is 0 Å². The van der Waals surface area contributed by atoms with E-state index in [4.69, 9.17) is 9.26 Å². The summed E-state index contributed by atoms with van der Waals surface area (Å²) in [7, 11) is 1.38. The molecule has 0 radical (unpaired) electrons. The average Bonchev–Trinajstić information content (AvgIpc) is 2.77. The first-order valence-electron chi connectivity index (χ1n) is 6.01. The minimum Gasteiger partial charge on any atom is -0.469 e. The molecule has 0 amide bonds. The van der Waals surface area contributed by atoms with Gasteiger partial charge in [-0.3, -0.25) is 9.78 Å². The van der Waals surface area contributed by atoms with Crippen LogP contribution in [0, 0.1) is 13.8 Å². The van der Waals surface area contributed by atoms with Crippen molar-refractivity contribution in [3.05, 3.63) is 35.3 Å². The van der Waals surface area contributed by atoms with Crippen molar-refractivity contribution in [1.29, 1.82) is 0 Å². The van der Waals surface area contributed by atoms with E-state index in [2.05, 4.69) is 10.1 Å². The summed E-state index contributed by atoms with van der Waals surface area (Å²) in [5, 5.41) is 3.90. The lowest BCUT2D eigenvalue weighted by Crippen LogP contribution is -2.10. The van der Waals surface area contributed by atoms with Gasteiger partial charge in [-0.15, -0.1) is 0 Å². The zero-order chi connectivity index (χ0) is 14.0. The van der Waals surface area contributed by atoms with Crippen LogP contribution in [0.4, 0.5) is 0 Å². The Morgan fingerprint density at radius 3 is 2.58 bits per heavy atom. The fourth-order valence-corrected chi connectivity index (χ4v) is 1.97. The van der Waals surface area contributed by atoms with Gasteiger partial charge in [-0.25, -0.2) is 0 Å². The summed E-state index contributed by atoms with van der Waals surface area (Å²) in [6, 6.07) is 3.73. The Balaban J connectivity index is 2.31. The molecule has 1 unspecified atom stereocenters. The summed E-state index contributed by atoms with van der Waals surface area (Å²) in [4.78, 5) is 15.8. The highest BCUT2D eigenvalue weighted by molar-refractivity contribution is 5.77. The maximum atomic E-state index is 11.5. The van der Waals surface area contributed by atoms with Crippen LogP contribution >= 0.6 is 0 Å². The third-order valence-electron chi connectivity index (χ3n) is 3.13. The molecule has 0 saturated heterocycles. The van der Waals surface area contributed by atoms with Gasteiger partial charge in [0.25, 0.3) is 0 Å². The topological polar surface area (TPSA) is 65.2 Å². The highest BCUT2D eigenvalue weighted by Crippen LogP contribution is 2.26. The van der Waals surface area contributed by atoms with Gasteiger partial charge < -0.3 is 9.26 Å². The Labute approximate surface area is 111 Å². The van der Waals surface area contributed by atoms with Gasteiger partial charge in [-0.1, -0.05) is 11.2 Å². The zero-order valence-electron chi connectivity index (χ0n) is 11.4. The van der Waals surface area contributed by atoms with Gasteiger partial charge in [0.05, 0.1) is 30.0 Å². The summed E-state index contributed by atoms with van der Waals surface area (Å²) < 4.78 is 9.83. The highest BCUT2D eigenvalue weighted by Gasteiger charge is 2.17. The molecule has 0 aliphatic heterocycles. The van der Waals surface area contributed by atoms with E-state index in [1.807, 2.05) is 26.0 Å².